The van der Waals surface area contributed by atoms with Gasteiger partial charge in [-0.1, -0.05) is 18.2 Å². The van der Waals surface area contributed by atoms with Crippen LogP contribution in [0.5, 0.6) is 0 Å². The number of hydrogen-bond donors (Lipinski definition) is 1. The molecule has 0 spiro atoms. The Bertz CT molecular complexity index is 1060. The Labute approximate surface area is 194 Å². The Morgan fingerprint density at radius 2 is 1.94 bits per heavy atom. The van der Waals surface area contributed by atoms with Crippen LogP contribution in [-0.2, 0) is 4.74 Å². The molecule has 2 atom stereocenters. The Kier molecular flexibility index (Phi) is 6.21. The molecule has 1 aromatic carbocycles. The Hall–Kier alpha value is -2.74. The van der Waals surface area contributed by atoms with E-state index in [0.29, 0.717) is 0 Å². The van der Waals surface area contributed by atoms with E-state index in [-0.39, 0.29) is 12.1 Å². The summed E-state index contributed by atoms with van der Waals surface area (Å²) in [4.78, 5) is 9.47. The van der Waals surface area contributed by atoms with Crippen LogP contribution in [0.4, 0.5) is 0 Å². The van der Waals surface area contributed by atoms with Gasteiger partial charge in [-0.25, -0.2) is 0 Å². The lowest BCUT2D eigenvalue weighted by molar-refractivity contribution is 0.0349. The maximum atomic E-state index is 5.85. The fourth-order valence-corrected chi connectivity index (χ4v) is 5.02. The van der Waals surface area contributed by atoms with E-state index in [4.69, 9.17) is 17.0 Å². The van der Waals surface area contributed by atoms with E-state index >= 15 is 0 Å². The predicted octanol–water partition coefficient (Wildman–Crippen LogP) is 3.49. The summed E-state index contributed by atoms with van der Waals surface area (Å²) in [5.41, 5.74) is 4.62. The highest BCUT2D eigenvalue weighted by atomic mass is 32.1. The standard InChI is InChI=1S/C25H29N5OS/c1-19-6-4-7-20(18-19)29-11-5-9-22(29)24-23(21-8-2-3-10-26-21)27-25(32)30(24)13-12-28-14-16-31-17-15-28/h2-11,18,23-24H,12-17H2,1H3,(H,27,32). The van der Waals surface area contributed by atoms with Crippen LogP contribution >= 0.6 is 12.2 Å². The minimum atomic E-state index is -0.00755. The van der Waals surface area contributed by atoms with Crippen LogP contribution in [0.15, 0.2) is 67.0 Å². The second-order valence-corrected chi connectivity index (χ2v) is 8.80. The zero-order chi connectivity index (χ0) is 21.9. The van der Waals surface area contributed by atoms with Crippen LogP contribution in [-0.4, -0.2) is 63.9 Å². The molecule has 2 aliphatic rings. The minimum absolute atomic E-state index is 0.00755. The van der Waals surface area contributed by atoms with Crippen LogP contribution in [0, 0.1) is 6.92 Å². The summed E-state index contributed by atoms with van der Waals surface area (Å²) < 4.78 is 7.80. The van der Waals surface area contributed by atoms with E-state index in [1.807, 2.05) is 18.3 Å². The largest absolute Gasteiger partial charge is 0.379 e. The van der Waals surface area contributed by atoms with Crippen molar-refractivity contribution in [3.63, 3.8) is 0 Å². The van der Waals surface area contributed by atoms with Crippen molar-refractivity contribution in [1.29, 1.82) is 0 Å². The number of aromatic nitrogens is 2. The minimum Gasteiger partial charge on any atom is -0.379 e. The summed E-state index contributed by atoms with van der Waals surface area (Å²) in [5, 5.41) is 4.36. The zero-order valence-corrected chi connectivity index (χ0v) is 19.2. The summed E-state index contributed by atoms with van der Waals surface area (Å²) in [6.45, 7) is 7.51. The molecule has 0 bridgehead atoms. The van der Waals surface area contributed by atoms with Crippen LogP contribution in [0.1, 0.15) is 29.0 Å². The van der Waals surface area contributed by atoms with Crippen LogP contribution in [0.2, 0.25) is 0 Å². The molecule has 2 aromatic heterocycles. The van der Waals surface area contributed by atoms with Gasteiger partial charge in [0.1, 0.15) is 0 Å². The smallest absolute Gasteiger partial charge is 0.170 e. The van der Waals surface area contributed by atoms with Crippen molar-refractivity contribution in [2.45, 2.75) is 19.0 Å². The quantitative estimate of drug-likeness (QED) is 0.584. The number of ether oxygens (including phenoxy) is 1. The van der Waals surface area contributed by atoms with Crippen LogP contribution in [0.25, 0.3) is 5.69 Å². The summed E-state index contributed by atoms with van der Waals surface area (Å²) >= 11 is 5.85. The van der Waals surface area contributed by atoms with E-state index in [9.17, 15) is 0 Å². The first-order valence-electron chi connectivity index (χ1n) is 11.2. The molecule has 5 rings (SSSR count). The normalized spacial score (nSPS) is 21.7. The number of rotatable bonds is 6. The molecule has 1 N–H and O–H groups in total. The van der Waals surface area contributed by atoms with Gasteiger partial charge in [-0.3, -0.25) is 9.88 Å². The third kappa shape index (κ3) is 4.28. The van der Waals surface area contributed by atoms with Crippen molar-refractivity contribution in [2.75, 3.05) is 39.4 Å². The number of nitrogens with zero attached hydrogens (tertiary/aromatic N) is 4. The highest BCUT2D eigenvalue weighted by Crippen LogP contribution is 2.39. The van der Waals surface area contributed by atoms with Crippen LogP contribution in [0.3, 0.4) is 0 Å². The molecule has 4 heterocycles. The summed E-state index contributed by atoms with van der Waals surface area (Å²) in [6, 6.07) is 19.1. The first-order valence-corrected chi connectivity index (χ1v) is 11.6. The topological polar surface area (TPSA) is 45.6 Å². The maximum absolute atomic E-state index is 5.85. The van der Waals surface area contributed by atoms with Crippen molar-refractivity contribution in [3.8, 4) is 5.69 Å². The molecule has 0 aliphatic carbocycles. The second kappa shape index (κ2) is 9.40. The molecule has 2 fully saturated rings. The van der Waals surface area contributed by atoms with Crippen molar-refractivity contribution >= 4 is 17.3 Å². The summed E-state index contributed by atoms with van der Waals surface area (Å²) in [7, 11) is 0. The number of nitrogens with one attached hydrogen (secondary N) is 1. The maximum Gasteiger partial charge on any atom is 0.170 e. The van der Waals surface area contributed by atoms with Crippen molar-refractivity contribution < 1.29 is 4.74 Å². The molecular weight excluding hydrogens is 418 g/mol. The number of aryl methyl sites for hydroxylation is 1. The molecule has 2 aliphatic heterocycles. The number of benzene rings is 1. The van der Waals surface area contributed by atoms with Gasteiger partial charge in [-0.05, 0) is 61.1 Å². The van der Waals surface area contributed by atoms with Gasteiger partial charge in [0.25, 0.3) is 0 Å². The average molecular weight is 448 g/mol. The first-order chi connectivity index (χ1) is 15.7. The van der Waals surface area contributed by atoms with E-state index in [0.717, 1.165) is 55.9 Å². The molecular formula is C25H29N5OS. The molecule has 0 radical (unpaired) electrons. The lowest BCUT2D eigenvalue weighted by Crippen LogP contribution is -2.42. The molecule has 32 heavy (non-hydrogen) atoms. The Balaban J connectivity index is 1.50. The predicted molar refractivity (Wildman–Crippen MR) is 130 cm³/mol. The van der Waals surface area contributed by atoms with E-state index in [2.05, 4.69) is 80.3 Å². The number of thiocarbonyl (C=S) groups is 1. The number of hydrogen-bond acceptors (Lipinski definition) is 4. The molecule has 0 amide bonds. The lowest BCUT2D eigenvalue weighted by atomic mass is 10.0. The molecule has 3 aromatic rings. The van der Waals surface area contributed by atoms with Gasteiger partial charge in [-0.2, -0.15) is 0 Å². The van der Waals surface area contributed by atoms with E-state index in [1.165, 1.54) is 11.3 Å². The fraction of sp³-hybridized carbons (Fsp3) is 0.360. The Morgan fingerprint density at radius 1 is 1.06 bits per heavy atom. The van der Waals surface area contributed by atoms with E-state index < -0.39 is 0 Å². The highest BCUT2D eigenvalue weighted by molar-refractivity contribution is 7.80. The van der Waals surface area contributed by atoms with Gasteiger partial charge in [0.15, 0.2) is 5.11 Å². The first kappa shape index (κ1) is 21.1. The van der Waals surface area contributed by atoms with E-state index in [1.54, 1.807) is 0 Å². The lowest BCUT2D eigenvalue weighted by Gasteiger charge is -2.32. The average Bonchev–Trinajstić information content (AvgIpc) is 3.43. The third-order valence-electron chi connectivity index (χ3n) is 6.32. The highest BCUT2D eigenvalue weighted by Gasteiger charge is 2.41. The van der Waals surface area contributed by atoms with Gasteiger partial charge in [0.05, 0.1) is 31.0 Å². The number of pyridine rings is 1. The van der Waals surface area contributed by atoms with Crippen LogP contribution < -0.4 is 5.32 Å². The second-order valence-electron chi connectivity index (χ2n) is 8.42. The van der Waals surface area contributed by atoms with Crippen molar-refractivity contribution in [2.24, 2.45) is 0 Å². The monoisotopic (exact) mass is 447 g/mol. The van der Waals surface area contributed by atoms with Crippen molar-refractivity contribution in [1.82, 2.24) is 24.7 Å². The molecule has 0 saturated carbocycles. The molecule has 2 unspecified atom stereocenters. The third-order valence-corrected chi connectivity index (χ3v) is 6.67. The van der Waals surface area contributed by atoms with Gasteiger partial charge in [0.2, 0.25) is 0 Å². The van der Waals surface area contributed by atoms with Gasteiger partial charge in [-0.15, -0.1) is 0 Å². The fourth-order valence-electron chi connectivity index (χ4n) is 4.69. The summed E-state index contributed by atoms with van der Waals surface area (Å²) in [6.07, 6.45) is 3.99. The number of morpholine rings is 1. The van der Waals surface area contributed by atoms with Gasteiger partial charge < -0.3 is 19.5 Å². The molecule has 2 saturated heterocycles. The molecule has 166 valence electrons. The molecule has 6 nitrogen and oxygen atoms in total. The Morgan fingerprint density at radius 3 is 2.72 bits per heavy atom. The van der Waals surface area contributed by atoms with Gasteiger partial charge in [0, 0.05) is 50.0 Å². The molecule has 7 heteroatoms. The van der Waals surface area contributed by atoms with Gasteiger partial charge >= 0.3 is 0 Å². The SMILES string of the molecule is Cc1cccc(-n2cccc2C2C(c3ccccn3)NC(=S)N2CCN2CCOCC2)c1. The zero-order valence-electron chi connectivity index (χ0n) is 18.4. The van der Waals surface area contributed by atoms with Crippen molar-refractivity contribution in [3.05, 3.63) is 83.9 Å². The summed E-state index contributed by atoms with van der Waals surface area (Å²) in [5.74, 6) is 0.